The molecule has 0 aliphatic carbocycles. The number of methoxy groups -OCH3 is 1. The minimum Gasteiger partial charge on any atom is -0.497 e. The molecule has 8 heteroatoms. The number of nitrogens with zero attached hydrogens (tertiary/aromatic N) is 2. The van der Waals surface area contributed by atoms with Crippen molar-refractivity contribution in [3.8, 4) is 11.5 Å². The summed E-state index contributed by atoms with van der Waals surface area (Å²) in [7, 11) is 1.54. The van der Waals surface area contributed by atoms with Crippen molar-refractivity contribution in [3.63, 3.8) is 0 Å². The fourth-order valence-corrected chi connectivity index (χ4v) is 5.09. The van der Waals surface area contributed by atoms with Crippen LogP contribution in [-0.4, -0.2) is 42.4 Å². The summed E-state index contributed by atoms with van der Waals surface area (Å²) >= 11 is 0. The molecule has 0 aromatic heterocycles. The Bertz CT molecular complexity index is 1400. The Morgan fingerprint density at radius 2 is 1.89 bits per heavy atom. The van der Waals surface area contributed by atoms with Gasteiger partial charge in [-0.05, 0) is 54.4 Å². The summed E-state index contributed by atoms with van der Waals surface area (Å²) in [4.78, 5) is 29.9. The number of carbonyl (C=O) groups excluding carboxylic acids is 2. The Labute approximate surface area is 221 Å². The molecular formula is C30H30N2O6. The fourth-order valence-electron chi connectivity index (χ4n) is 5.09. The van der Waals surface area contributed by atoms with Crippen molar-refractivity contribution < 1.29 is 29.3 Å². The van der Waals surface area contributed by atoms with Crippen molar-refractivity contribution in [3.05, 3.63) is 90.0 Å². The van der Waals surface area contributed by atoms with Crippen molar-refractivity contribution in [1.29, 1.82) is 0 Å². The lowest BCUT2D eigenvalue weighted by atomic mass is 9.83. The van der Waals surface area contributed by atoms with Gasteiger partial charge in [0.25, 0.3) is 11.8 Å². The van der Waals surface area contributed by atoms with E-state index >= 15 is 0 Å². The van der Waals surface area contributed by atoms with E-state index in [0.29, 0.717) is 40.5 Å². The molecule has 8 nitrogen and oxygen atoms in total. The predicted octanol–water partition coefficient (Wildman–Crippen LogP) is 4.06. The highest BCUT2D eigenvalue weighted by atomic mass is 16.5. The molecule has 196 valence electrons. The minimum absolute atomic E-state index is 0.0153. The first kappa shape index (κ1) is 25.5. The lowest BCUT2D eigenvalue weighted by Crippen LogP contribution is -2.44. The summed E-state index contributed by atoms with van der Waals surface area (Å²) in [5, 5.41) is 21.0. The molecular weight excluding hydrogens is 484 g/mol. The van der Waals surface area contributed by atoms with Gasteiger partial charge in [-0.1, -0.05) is 43.3 Å². The Hall–Kier alpha value is -4.14. The second kappa shape index (κ2) is 10.3. The highest BCUT2D eigenvalue weighted by Crippen LogP contribution is 2.47. The third kappa shape index (κ3) is 4.31. The summed E-state index contributed by atoms with van der Waals surface area (Å²) in [6, 6.07) is 20.1. The van der Waals surface area contributed by atoms with Crippen LogP contribution in [0.1, 0.15) is 24.5 Å². The highest BCUT2D eigenvalue weighted by molar-refractivity contribution is 6.07. The van der Waals surface area contributed by atoms with Gasteiger partial charge in [-0.2, -0.15) is 0 Å². The van der Waals surface area contributed by atoms with Crippen LogP contribution >= 0.6 is 0 Å². The van der Waals surface area contributed by atoms with E-state index in [9.17, 15) is 14.7 Å². The van der Waals surface area contributed by atoms with Crippen LogP contribution in [0.2, 0.25) is 0 Å². The van der Waals surface area contributed by atoms with E-state index in [2.05, 4.69) is 0 Å². The van der Waals surface area contributed by atoms with Gasteiger partial charge in [-0.15, -0.1) is 0 Å². The molecule has 0 bridgehead atoms. The first-order chi connectivity index (χ1) is 18.4. The zero-order valence-corrected chi connectivity index (χ0v) is 21.3. The molecule has 2 heterocycles. The maximum Gasteiger partial charge on any atom is 0.269 e. The summed E-state index contributed by atoms with van der Waals surface area (Å²) in [6.07, 6.45) is 3.95. The molecule has 0 spiro atoms. The normalized spacial score (nSPS) is 19.4. The summed E-state index contributed by atoms with van der Waals surface area (Å²) < 4.78 is 11.0. The van der Waals surface area contributed by atoms with Crippen molar-refractivity contribution in [2.75, 3.05) is 30.1 Å². The second-order valence-electron chi connectivity index (χ2n) is 9.43. The van der Waals surface area contributed by atoms with Gasteiger partial charge in [-0.3, -0.25) is 14.5 Å². The first-order valence-corrected chi connectivity index (χ1v) is 12.5. The molecule has 2 aliphatic rings. The van der Waals surface area contributed by atoms with Gasteiger partial charge in [0.2, 0.25) is 0 Å². The number of anilines is 3. The van der Waals surface area contributed by atoms with Crippen LogP contribution in [0.25, 0.3) is 0 Å². The van der Waals surface area contributed by atoms with Crippen LogP contribution < -0.4 is 19.3 Å². The number of amides is 2. The summed E-state index contributed by atoms with van der Waals surface area (Å²) in [6.45, 7) is 1.90. The number of hydrogen-bond acceptors (Lipinski definition) is 6. The average molecular weight is 515 g/mol. The third-order valence-corrected chi connectivity index (χ3v) is 7.07. The van der Waals surface area contributed by atoms with Gasteiger partial charge in [0.05, 0.1) is 25.0 Å². The van der Waals surface area contributed by atoms with Crippen molar-refractivity contribution in [2.24, 2.45) is 5.92 Å². The van der Waals surface area contributed by atoms with Gasteiger partial charge >= 0.3 is 0 Å². The third-order valence-electron chi connectivity index (χ3n) is 7.07. The number of rotatable bonds is 8. The molecule has 2 atom stereocenters. The standard InChI is InChI=1S/C30H30N2O6/c1-20(8-5-6-15-33)30(36)24-17-23(37-2)13-14-25(24)31(29(30)35)18-21-9-7-10-22(16-21)32-26-11-3-4-12-27(26)38-19-28(32)34/h3-5,7-14,16-17,20,33,36H,6,15,18-19H2,1-2H3/b8-5+/t20-,30+/m1/s1. The minimum atomic E-state index is -1.80. The molecule has 0 saturated heterocycles. The van der Waals surface area contributed by atoms with Gasteiger partial charge in [0, 0.05) is 23.8 Å². The molecule has 0 saturated carbocycles. The quantitative estimate of drug-likeness (QED) is 0.440. The van der Waals surface area contributed by atoms with E-state index < -0.39 is 17.4 Å². The molecule has 3 aromatic carbocycles. The summed E-state index contributed by atoms with van der Waals surface area (Å²) in [5.41, 5.74) is 1.39. The number of carbonyl (C=O) groups is 2. The molecule has 2 aliphatic heterocycles. The fraction of sp³-hybridized carbons (Fsp3) is 0.267. The molecule has 38 heavy (non-hydrogen) atoms. The van der Waals surface area contributed by atoms with Crippen molar-refractivity contribution in [1.82, 2.24) is 0 Å². The van der Waals surface area contributed by atoms with Crippen LogP contribution in [0, 0.1) is 5.92 Å². The maximum absolute atomic E-state index is 13.8. The largest absolute Gasteiger partial charge is 0.497 e. The van der Waals surface area contributed by atoms with E-state index in [-0.39, 0.29) is 25.7 Å². The molecule has 0 fully saturated rings. The topological polar surface area (TPSA) is 99.5 Å². The summed E-state index contributed by atoms with van der Waals surface area (Å²) in [5.74, 6) is -0.0158. The number of aliphatic hydroxyl groups excluding tert-OH is 1. The second-order valence-corrected chi connectivity index (χ2v) is 9.43. The van der Waals surface area contributed by atoms with Crippen LogP contribution in [0.15, 0.2) is 78.9 Å². The van der Waals surface area contributed by atoms with Crippen LogP contribution in [0.3, 0.4) is 0 Å². The van der Waals surface area contributed by atoms with Gasteiger partial charge in [-0.25, -0.2) is 0 Å². The Kier molecular flexibility index (Phi) is 6.93. The Morgan fingerprint density at radius 1 is 1.08 bits per heavy atom. The van der Waals surface area contributed by atoms with Gasteiger partial charge in [0.1, 0.15) is 11.5 Å². The first-order valence-electron chi connectivity index (χ1n) is 12.5. The van der Waals surface area contributed by atoms with Crippen LogP contribution in [0.4, 0.5) is 17.1 Å². The molecule has 3 aromatic rings. The number of aliphatic hydroxyl groups is 2. The van der Waals surface area contributed by atoms with E-state index in [1.54, 1.807) is 47.1 Å². The van der Waals surface area contributed by atoms with Gasteiger partial charge < -0.3 is 24.6 Å². The zero-order chi connectivity index (χ0) is 26.9. The van der Waals surface area contributed by atoms with Crippen molar-refractivity contribution in [2.45, 2.75) is 25.5 Å². The molecule has 5 rings (SSSR count). The monoisotopic (exact) mass is 514 g/mol. The lowest BCUT2D eigenvalue weighted by Gasteiger charge is -2.30. The number of hydrogen-bond donors (Lipinski definition) is 2. The van der Waals surface area contributed by atoms with Crippen LogP contribution in [0.5, 0.6) is 11.5 Å². The number of fused-ring (bicyclic) bond motifs is 2. The van der Waals surface area contributed by atoms with E-state index in [1.165, 1.54) is 7.11 Å². The zero-order valence-electron chi connectivity index (χ0n) is 21.3. The molecule has 0 unspecified atom stereocenters. The lowest BCUT2D eigenvalue weighted by molar-refractivity contribution is -0.139. The maximum atomic E-state index is 13.8. The highest BCUT2D eigenvalue weighted by Gasteiger charge is 2.52. The Morgan fingerprint density at radius 3 is 2.68 bits per heavy atom. The Balaban J connectivity index is 1.50. The smallest absolute Gasteiger partial charge is 0.269 e. The van der Waals surface area contributed by atoms with Crippen molar-refractivity contribution >= 4 is 28.9 Å². The molecule has 2 N–H and O–H groups in total. The van der Waals surface area contributed by atoms with E-state index in [4.69, 9.17) is 14.6 Å². The number of para-hydroxylation sites is 2. The molecule has 0 radical (unpaired) electrons. The average Bonchev–Trinajstić information content (AvgIpc) is 3.15. The van der Waals surface area contributed by atoms with Crippen LogP contribution in [-0.2, 0) is 21.7 Å². The van der Waals surface area contributed by atoms with E-state index in [1.807, 2.05) is 48.5 Å². The van der Waals surface area contributed by atoms with Gasteiger partial charge in [0.15, 0.2) is 12.2 Å². The molecule has 2 amide bonds. The van der Waals surface area contributed by atoms with E-state index in [0.717, 1.165) is 5.56 Å². The number of ether oxygens (including phenoxy) is 2. The predicted molar refractivity (Wildman–Crippen MR) is 144 cm³/mol. The SMILES string of the molecule is COc1ccc2c(c1)[C@@](O)([C@H](C)/C=C/CCO)C(=O)N2Cc1cccc(N2C(=O)COc3ccccc32)c1. The number of benzene rings is 3.